The molecule has 0 amide bonds. The van der Waals surface area contributed by atoms with Crippen molar-refractivity contribution in [2.45, 2.75) is 12.5 Å². The van der Waals surface area contributed by atoms with Crippen LogP contribution in [-0.2, 0) is 0 Å². The molecule has 0 saturated carbocycles. The van der Waals surface area contributed by atoms with E-state index in [1.165, 1.54) is 0 Å². The Bertz CT molecular complexity index is 406. The van der Waals surface area contributed by atoms with Crippen LogP contribution in [-0.4, -0.2) is 62.5 Å². The van der Waals surface area contributed by atoms with E-state index in [9.17, 15) is 0 Å². The topological polar surface area (TPSA) is 62.0 Å². The highest BCUT2D eigenvalue weighted by Gasteiger charge is 2.20. The molecule has 20 heavy (non-hydrogen) atoms. The lowest BCUT2D eigenvalue weighted by Gasteiger charge is -2.37. The molecule has 1 heterocycles. The molecule has 0 spiro atoms. The molecular formula is C15H25N3O2. The minimum atomic E-state index is 0.0674. The van der Waals surface area contributed by atoms with E-state index in [2.05, 4.69) is 15.9 Å². The maximum atomic E-state index is 8.89. The van der Waals surface area contributed by atoms with Crippen molar-refractivity contribution in [3.05, 3.63) is 24.3 Å². The van der Waals surface area contributed by atoms with Gasteiger partial charge in [-0.25, -0.2) is 0 Å². The fourth-order valence-electron chi connectivity index (χ4n) is 2.65. The Morgan fingerprint density at radius 3 is 2.60 bits per heavy atom. The first-order valence-corrected chi connectivity index (χ1v) is 7.21. The number of nitrogens with two attached hydrogens (primary N) is 1. The highest BCUT2D eigenvalue weighted by atomic mass is 16.5. The first-order valence-electron chi connectivity index (χ1n) is 7.21. The van der Waals surface area contributed by atoms with Gasteiger partial charge in [0.05, 0.1) is 12.8 Å². The summed E-state index contributed by atoms with van der Waals surface area (Å²) >= 11 is 0. The number of ether oxygens (including phenoxy) is 1. The smallest absolute Gasteiger partial charge is 0.142 e. The first kappa shape index (κ1) is 15.1. The van der Waals surface area contributed by atoms with Crippen LogP contribution in [0.5, 0.6) is 5.75 Å². The number of nitrogens with zero attached hydrogens (tertiary/aromatic N) is 2. The van der Waals surface area contributed by atoms with Gasteiger partial charge in [-0.05, 0) is 18.6 Å². The normalized spacial score (nSPS) is 18.1. The molecule has 1 aliphatic heterocycles. The molecule has 5 heteroatoms. The van der Waals surface area contributed by atoms with Crippen molar-refractivity contribution in [2.75, 3.05) is 51.3 Å². The first-order chi connectivity index (χ1) is 9.74. The zero-order chi connectivity index (χ0) is 14.4. The summed E-state index contributed by atoms with van der Waals surface area (Å²) in [4.78, 5) is 4.72. The van der Waals surface area contributed by atoms with Crippen LogP contribution >= 0.6 is 0 Å². The van der Waals surface area contributed by atoms with E-state index >= 15 is 0 Å². The molecule has 3 N–H and O–H groups in total. The van der Waals surface area contributed by atoms with Crippen LogP contribution in [0.3, 0.4) is 0 Å². The minimum absolute atomic E-state index is 0.0674. The molecule has 0 radical (unpaired) electrons. The summed E-state index contributed by atoms with van der Waals surface area (Å²) in [6.07, 6.45) is 0.673. The summed E-state index contributed by atoms with van der Waals surface area (Å²) < 4.78 is 5.42. The molecule has 1 fully saturated rings. The highest BCUT2D eigenvalue weighted by Crippen LogP contribution is 2.28. The van der Waals surface area contributed by atoms with Gasteiger partial charge < -0.3 is 20.5 Å². The van der Waals surface area contributed by atoms with Gasteiger partial charge in [-0.3, -0.25) is 4.90 Å². The molecule has 1 saturated heterocycles. The quantitative estimate of drug-likeness (QED) is 0.795. The summed E-state index contributed by atoms with van der Waals surface area (Å²) in [5.41, 5.74) is 7.13. The van der Waals surface area contributed by atoms with Gasteiger partial charge in [0.2, 0.25) is 0 Å². The number of hydrogen-bond donors (Lipinski definition) is 2. The number of para-hydroxylation sites is 2. The number of rotatable bonds is 6. The van der Waals surface area contributed by atoms with E-state index in [0.717, 1.165) is 44.2 Å². The number of aliphatic hydroxyl groups excluding tert-OH is 1. The molecule has 0 aliphatic carbocycles. The van der Waals surface area contributed by atoms with Gasteiger partial charge in [-0.2, -0.15) is 0 Å². The van der Waals surface area contributed by atoms with Crippen molar-refractivity contribution >= 4 is 5.69 Å². The number of benzene rings is 1. The van der Waals surface area contributed by atoms with Crippen molar-refractivity contribution in [3.63, 3.8) is 0 Å². The number of hydrogen-bond acceptors (Lipinski definition) is 5. The number of piperazine rings is 1. The summed E-state index contributed by atoms with van der Waals surface area (Å²) in [6, 6.07) is 8.21. The third-order valence-electron chi connectivity index (χ3n) is 3.79. The second kappa shape index (κ2) is 7.47. The average molecular weight is 279 g/mol. The van der Waals surface area contributed by atoms with Crippen molar-refractivity contribution < 1.29 is 9.84 Å². The predicted octanol–water partition coefficient (Wildman–Crippen LogP) is 0.527. The summed E-state index contributed by atoms with van der Waals surface area (Å²) in [6.45, 7) is 4.98. The lowest BCUT2D eigenvalue weighted by Crippen LogP contribution is -2.50. The second-order valence-electron chi connectivity index (χ2n) is 5.23. The minimum Gasteiger partial charge on any atom is -0.495 e. The third-order valence-corrected chi connectivity index (χ3v) is 3.79. The monoisotopic (exact) mass is 279 g/mol. The van der Waals surface area contributed by atoms with Gasteiger partial charge in [0.15, 0.2) is 0 Å². The zero-order valence-electron chi connectivity index (χ0n) is 12.2. The van der Waals surface area contributed by atoms with Crippen LogP contribution in [0.2, 0.25) is 0 Å². The fraction of sp³-hybridized carbons (Fsp3) is 0.600. The lowest BCUT2D eigenvalue weighted by atomic mass is 10.2. The molecule has 112 valence electrons. The molecule has 1 atom stereocenters. The Labute approximate surface area is 120 Å². The SMILES string of the molecule is COc1ccccc1N1CCN(CC(N)CCO)CC1. The Morgan fingerprint density at radius 2 is 1.95 bits per heavy atom. The molecule has 2 rings (SSSR count). The van der Waals surface area contributed by atoms with Crippen LogP contribution in [0, 0.1) is 0 Å². The molecule has 1 aromatic rings. The van der Waals surface area contributed by atoms with Crippen molar-refractivity contribution in [2.24, 2.45) is 5.73 Å². The van der Waals surface area contributed by atoms with Gasteiger partial charge in [-0.1, -0.05) is 12.1 Å². The van der Waals surface area contributed by atoms with Gasteiger partial charge in [0.1, 0.15) is 5.75 Å². The van der Waals surface area contributed by atoms with Crippen LogP contribution in [0.15, 0.2) is 24.3 Å². The van der Waals surface area contributed by atoms with E-state index < -0.39 is 0 Å². The number of aliphatic hydroxyl groups is 1. The standard InChI is InChI=1S/C15H25N3O2/c1-20-15-5-3-2-4-14(15)18-9-7-17(8-10-18)12-13(16)6-11-19/h2-5,13,19H,6-12,16H2,1H3. The Balaban J connectivity index is 1.88. The van der Waals surface area contributed by atoms with Crippen molar-refractivity contribution in [1.82, 2.24) is 4.90 Å². The average Bonchev–Trinajstić information content (AvgIpc) is 2.48. The van der Waals surface area contributed by atoms with Crippen LogP contribution < -0.4 is 15.4 Å². The predicted molar refractivity (Wildman–Crippen MR) is 81.3 cm³/mol. The number of anilines is 1. The van der Waals surface area contributed by atoms with Crippen LogP contribution in [0.4, 0.5) is 5.69 Å². The molecule has 0 aromatic heterocycles. The van der Waals surface area contributed by atoms with Gasteiger partial charge >= 0.3 is 0 Å². The Kier molecular flexibility index (Phi) is 5.64. The van der Waals surface area contributed by atoms with E-state index in [1.807, 2.05) is 18.2 Å². The van der Waals surface area contributed by atoms with Crippen molar-refractivity contribution in [1.29, 1.82) is 0 Å². The largest absolute Gasteiger partial charge is 0.495 e. The van der Waals surface area contributed by atoms with E-state index in [-0.39, 0.29) is 12.6 Å². The molecular weight excluding hydrogens is 254 g/mol. The van der Waals surface area contributed by atoms with Gasteiger partial charge in [-0.15, -0.1) is 0 Å². The molecule has 5 nitrogen and oxygen atoms in total. The van der Waals surface area contributed by atoms with Crippen LogP contribution in [0.1, 0.15) is 6.42 Å². The Hall–Kier alpha value is -1.30. The maximum Gasteiger partial charge on any atom is 0.142 e. The molecule has 1 unspecified atom stereocenters. The van der Waals surface area contributed by atoms with Crippen LogP contribution in [0.25, 0.3) is 0 Å². The molecule has 0 bridgehead atoms. The summed E-state index contributed by atoms with van der Waals surface area (Å²) in [5, 5.41) is 8.89. The maximum absolute atomic E-state index is 8.89. The van der Waals surface area contributed by atoms with Gasteiger partial charge in [0, 0.05) is 45.4 Å². The van der Waals surface area contributed by atoms with E-state index in [0.29, 0.717) is 6.42 Å². The third kappa shape index (κ3) is 3.85. The Morgan fingerprint density at radius 1 is 1.25 bits per heavy atom. The highest BCUT2D eigenvalue weighted by molar-refractivity contribution is 5.58. The fourth-order valence-corrected chi connectivity index (χ4v) is 2.65. The second-order valence-corrected chi connectivity index (χ2v) is 5.23. The zero-order valence-corrected chi connectivity index (χ0v) is 12.2. The van der Waals surface area contributed by atoms with Crippen molar-refractivity contribution in [3.8, 4) is 5.75 Å². The summed E-state index contributed by atoms with van der Waals surface area (Å²) in [5.74, 6) is 0.929. The number of methoxy groups -OCH3 is 1. The molecule has 1 aliphatic rings. The van der Waals surface area contributed by atoms with E-state index in [4.69, 9.17) is 15.6 Å². The lowest BCUT2D eigenvalue weighted by molar-refractivity contribution is 0.216. The van der Waals surface area contributed by atoms with E-state index in [1.54, 1.807) is 7.11 Å². The van der Waals surface area contributed by atoms with Gasteiger partial charge in [0.25, 0.3) is 0 Å². The molecule has 1 aromatic carbocycles. The summed E-state index contributed by atoms with van der Waals surface area (Å²) in [7, 11) is 1.71.